The maximum Gasteiger partial charge on any atom is 0.00646 e. The minimum Gasteiger partial charge on any atom is -0.383 e. The Balaban J connectivity index is 2.32. The van der Waals surface area contributed by atoms with Gasteiger partial charge in [0.15, 0.2) is 0 Å². The van der Waals surface area contributed by atoms with Gasteiger partial charge in [-0.3, -0.25) is 0 Å². The summed E-state index contributed by atoms with van der Waals surface area (Å²) in [6.07, 6.45) is 6.34. The molecule has 1 nitrogen and oxygen atoms in total. The Hall–Kier alpha value is -2.28. The SMILES string of the molecule is C/C=C\C(=C/N(C)C)c1ccc(-c2ccccc2)cc1. The van der Waals surface area contributed by atoms with E-state index in [1.165, 1.54) is 22.3 Å². The summed E-state index contributed by atoms with van der Waals surface area (Å²) in [5.41, 5.74) is 4.95. The molecule has 0 atom stereocenters. The van der Waals surface area contributed by atoms with Crippen molar-refractivity contribution < 1.29 is 0 Å². The summed E-state index contributed by atoms with van der Waals surface area (Å²) in [6.45, 7) is 2.04. The molecular weight excluding hydrogens is 242 g/mol. The normalized spacial score (nSPS) is 11.8. The van der Waals surface area contributed by atoms with Gasteiger partial charge in [-0.25, -0.2) is 0 Å². The molecule has 0 aliphatic rings. The predicted molar refractivity (Wildman–Crippen MR) is 88.4 cm³/mol. The van der Waals surface area contributed by atoms with Crippen molar-refractivity contribution in [3.05, 3.63) is 78.5 Å². The lowest BCUT2D eigenvalue weighted by Crippen LogP contribution is -2.02. The summed E-state index contributed by atoms with van der Waals surface area (Å²) in [4.78, 5) is 2.07. The highest BCUT2D eigenvalue weighted by molar-refractivity contribution is 5.75. The average Bonchev–Trinajstić information content (AvgIpc) is 2.47. The summed E-state index contributed by atoms with van der Waals surface area (Å²) < 4.78 is 0. The third kappa shape index (κ3) is 3.61. The van der Waals surface area contributed by atoms with Crippen LogP contribution in [0.25, 0.3) is 16.7 Å². The van der Waals surface area contributed by atoms with E-state index in [0.29, 0.717) is 0 Å². The highest BCUT2D eigenvalue weighted by Crippen LogP contribution is 2.23. The molecule has 20 heavy (non-hydrogen) atoms. The first kappa shape index (κ1) is 14.1. The Morgan fingerprint density at radius 3 is 2.00 bits per heavy atom. The van der Waals surface area contributed by atoms with Crippen molar-refractivity contribution in [3.8, 4) is 11.1 Å². The van der Waals surface area contributed by atoms with E-state index in [2.05, 4.69) is 71.8 Å². The topological polar surface area (TPSA) is 3.24 Å². The van der Waals surface area contributed by atoms with Gasteiger partial charge >= 0.3 is 0 Å². The highest BCUT2D eigenvalue weighted by atomic mass is 15.0. The van der Waals surface area contributed by atoms with E-state index in [1.54, 1.807) is 0 Å². The molecule has 1 heteroatoms. The second-order valence-corrected chi connectivity index (χ2v) is 4.99. The number of rotatable bonds is 4. The summed E-state index contributed by atoms with van der Waals surface area (Å²) in [6, 6.07) is 19.2. The number of allylic oxidation sites excluding steroid dienone is 3. The van der Waals surface area contributed by atoms with E-state index in [4.69, 9.17) is 0 Å². The largest absolute Gasteiger partial charge is 0.383 e. The third-order valence-corrected chi connectivity index (χ3v) is 3.07. The van der Waals surface area contributed by atoms with Crippen molar-refractivity contribution in [1.82, 2.24) is 4.90 Å². The summed E-state index contributed by atoms with van der Waals surface area (Å²) in [5, 5.41) is 0. The second-order valence-electron chi connectivity index (χ2n) is 4.99. The summed E-state index contributed by atoms with van der Waals surface area (Å²) in [5.74, 6) is 0. The van der Waals surface area contributed by atoms with Crippen LogP contribution < -0.4 is 0 Å². The van der Waals surface area contributed by atoms with Crippen LogP contribution in [0.1, 0.15) is 12.5 Å². The van der Waals surface area contributed by atoms with E-state index < -0.39 is 0 Å². The molecule has 2 aromatic carbocycles. The molecule has 0 aliphatic carbocycles. The van der Waals surface area contributed by atoms with E-state index in [0.717, 1.165) is 0 Å². The Labute approximate surface area is 121 Å². The van der Waals surface area contributed by atoms with Gasteiger partial charge in [-0.15, -0.1) is 0 Å². The van der Waals surface area contributed by atoms with Gasteiger partial charge in [0.1, 0.15) is 0 Å². The van der Waals surface area contributed by atoms with Crippen molar-refractivity contribution in [2.75, 3.05) is 14.1 Å². The maximum absolute atomic E-state index is 2.18. The fourth-order valence-corrected chi connectivity index (χ4v) is 2.16. The lowest BCUT2D eigenvalue weighted by atomic mass is 10.0. The maximum atomic E-state index is 2.18. The Bertz CT molecular complexity index is 589. The zero-order chi connectivity index (χ0) is 14.4. The van der Waals surface area contributed by atoms with Crippen molar-refractivity contribution in [1.29, 1.82) is 0 Å². The van der Waals surface area contributed by atoms with Crippen molar-refractivity contribution in [2.24, 2.45) is 0 Å². The number of hydrogen-bond acceptors (Lipinski definition) is 1. The van der Waals surface area contributed by atoms with Gasteiger partial charge in [0, 0.05) is 20.3 Å². The molecule has 2 aromatic rings. The molecule has 0 amide bonds. The van der Waals surface area contributed by atoms with E-state index in [9.17, 15) is 0 Å². The van der Waals surface area contributed by atoms with Gasteiger partial charge in [0.2, 0.25) is 0 Å². The first-order valence-electron chi connectivity index (χ1n) is 6.87. The molecule has 0 fully saturated rings. The molecule has 0 radical (unpaired) electrons. The van der Waals surface area contributed by atoms with Crippen LogP contribution in [-0.4, -0.2) is 19.0 Å². The monoisotopic (exact) mass is 263 g/mol. The number of benzene rings is 2. The van der Waals surface area contributed by atoms with Crippen LogP contribution in [0.2, 0.25) is 0 Å². The molecule has 2 rings (SSSR count). The first-order chi connectivity index (χ1) is 9.70. The van der Waals surface area contributed by atoms with E-state index in [-0.39, 0.29) is 0 Å². The Morgan fingerprint density at radius 2 is 1.45 bits per heavy atom. The predicted octanol–water partition coefficient (Wildman–Crippen LogP) is 4.83. The average molecular weight is 263 g/mol. The van der Waals surface area contributed by atoms with Crippen LogP contribution in [0, 0.1) is 0 Å². The zero-order valence-corrected chi connectivity index (χ0v) is 12.4. The highest BCUT2D eigenvalue weighted by Gasteiger charge is 2.00. The third-order valence-electron chi connectivity index (χ3n) is 3.07. The number of hydrogen-bond donors (Lipinski definition) is 0. The van der Waals surface area contributed by atoms with Crippen LogP contribution in [0.4, 0.5) is 0 Å². The van der Waals surface area contributed by atoms with Gasteiger partial charge in [-0.1, -0.05) is 66.7 Å². The van der Waals surface area contributed by atoms with Crippen LogP contribution >= 0.6 is 0 Å². The summed E-state index contributed by atoms with van der Waals surface area (Å²) >= 11 is 0. The molecular formula is C19H21N. The van der Waals surface area contributed by atoms with Crippen LogP contribution in [-0.2, 0) is 0 Å². The van der Waals surface area contributed by atoms with Crippen molar-refractivity contribution >= 4 is 5.57 Å². The van der Waals surface area contributed by atoms with Crippen molar-refractivity contribution in [3.63, 3.8) is 0 Å². The molecule has 0 spiro atoms. The van der Waals surface area contributed by atoms with Gasteiger partial charge < -0.3 is 4.90 Å². The fourth-order valence-electron chi connectivity index (χ4n) is 2.16. The molecule has 0 saturated carbocycles. The molecule has 0 aromatic heterocycles. The first-order valence-corrected chi connectivity index (χ1v) is 6.87. The van der Waals surface area contributed by atoms with E-state index in [1.807, 2.05) is 27.1 Å². The lowest BCUT2D eigenvalue weighted by molar-refractivity contribution is 0.566. The van der Waals surface area contributed by atoms with Crippen LogP contribution in [0.3, 0.4) is 0 Å². The molecule has 0 N–H and O–H groups in total. The molecule has 0 bridgehead atoms. The number of nitrogens with zero attached hydrogens (tertiary/aromatic N) is 1. The Kier molecular flexibility index (Phi) is 4.78. The second kappa shape index (κ2) is 6.76. The van der Waals surface area contributed by atoms with Gasteiger partial charge in [0.25, 0.3) is 0 Å². The van der Waals surface area contributed by atoms with Crippen LogP contribution in [0.5, 0.6) is 0 Å². The van der Waals surface area contributed by atoms with Crippen LogP contribution in [0.15, 0.2) is 72.9 Å². The standard InChI is InChI=1S/C19H21N/c1-4-8-19(15-20(2)3)18-13-11-17(12-14-18)16-9-6-5-7-10-16/h4-15H,1-3H3/b8-4-,19-15+. The minimum absolute atomic E-state index is 1.22. The quantitative estimate of drug-likeness (QED) is 0.714. The molecule has 0 aliphatic heterocycles. The zero-order valence-electron chi connectivity index (χ0n) is 12.4. The molecule has 0 heterocycles. The minimum atomic E-state index is 1.22. The molecule has 0 saturated heterocycles. The smallest absolute Gasteiger partial charge is 0.00646 e. The van der Waals surface area contributed by atoms with Gasteiger partial charge in [-0.2, -0.15) is 0 Å². The van der Waals surface area contributed by atoms with Gasteiger partial charge in [-0.05, 0) is 29.2 Å². The van der Waals surface area contributed by atoms with E-state index >= 15 is 0 Å². The molecule has 0 unspecified atom stereocenters. The fraction of sp³-hybridized carbons (Fsp3) is 0.158. The van der Waals surface area contributed by atoms with Crippen molar-refractivity contribution in [2.45, 2.75) is 6.92 Å². The molecule has 102 valence electrons. The summed E-state index contributed by atoms with van der Waals surface area (Å²) in [7, 11) is 4.09. The van der Waals surface area contributed by atoms with Gasteiger partial charge in [0.05, 0.1) is 0 Å². The Morgan fingerprint density at radius 1 is 0.850 bits per heavy atom. The lowest BCUT2D eigenvalue weighted by Gasteiger charge is -2.10.